The second-order valence-electron chi connectivity index (χ2n) is 7.56. The van der Waals surface area contributed by atoms with Gasteiger partial charge < -0.3 is 5.73 Å². The first-order valence-corrected chi connectivity index (χ1v) is 9.93. The van der Waals surface area contributed by atoms with Crippen LogP contribution in [0.1, 0.15) is 18.4 Å². The van der Waals surface area contributed by atoms with Crippen LogP contribution in [0, 0.1) is 5.92 Å². The Kier molecular flexibility index (Phi) is 3.99. The molecule has 1 aliphatic heterocycles. The third-order valence-electron chi connectivity index (χ3n) is 5.70. The Morgan fingerprint density at radius 2 is 1.83 bits per heavy atom. The summed E-state index contributed by atoms with van der Waals surface area (Å²) in [5, 5.41) is 4.85. The Morgan fingerprint density at radius 3 is 2.48 bits per heavy atom. The summed E-state index contributed by atoms with van der Waals surface area (Å²) < 4.78 is 1.63. The molecule has 1 atom stereocenters. The molecule has 1 saturated carbocycles. The van der Waals surface area contributed by atoms with Crippen LogP contribution < -0.4 is 10.6 Å². The molecule has 1 amide bonds. The number of anilines is 1. The summed E-state index contributed by atoms with van der Waals surface area (Å²) in [5.74, 6) is 0.842. The number of guanidine groups is 1. The number of carbonyl (C=O) groups excluding carboxylic acids is 1. The normalized spacial score (nSPS) is 21.5. The van der Waals surface area contributed by atoms with Crippen LogP contribution in [0.5, 0.6) is 0 Å². The molecule has 2 aromatic carbocycles. The molecule has 0 saturated heterocycles. The molecule has 2 aliphatic rings. The van der Waals surface area contributed by atoms with Gasteiger partial charge >= 0.3 is 0 Å². The summed E-state index contributed by atoms with van der Waals surface area (Å²) in [6.07, 6.45) is 3.54. The van der Waals surface area contributed by atoms with Crippen molar-refractivity contribution in [1.82, 2.24) is 9.78 Å². The van der Waals surface area contributed by atoms with Crippen LogP contribution in [0.4, 0.5) is 5.82 Å². The fourth-order valence-corrected chi connectivity index (χ4v) is 4.35. The number of nitrogens with zero attached hydrogens (tertiary/aromatic N) is 4. The first-order chi connectivity index (χ1) is 14.0. The molecule has 5 rings (SSSR count). The van der Waals surface area contributed by atoms with Crippen LogP contribution in [0.25, 0.3) is 11.1 Å². The number of hydrogen-bond acceptors (Lipinski definition) is 4. The first-order valence-electron chi connectivity index (χ1n) is 9.55. The number of nitrogens with two attached hydrogens (primary N) is 1. The van der Waals surface area contributed by atoms with E-state index in [2.05, 4.69) is 5.10 Å². The molecule has 1 aliphatic carbocycles. The lowest BCUT2D eigenvalue weighted by atomic mass is 9.83. The van der Waals surface area contributed by atoms with Crippen molar-refractivity contribution in [2.75, 3.05) is 4.90 Å². The molecule has 29 heavy (non-hydrogen) atoms. The van der Waals surface area contributed by atoms with E-state index in [4.69, 9.17) is 22.3 Å². The average Bonchev–Trinajstić information content (AvgIpc) is 3.43. The Morgan fingerprint density at radius 1 is 1.10 bits per heavy atom. The number of rotatable bonds is 4. The Bertz CT molecular complexity index is 1150. The predicted octanol–water partition coefficient (Wildman–Crippen LogP) is 3.71. The summed E-state index contributed by atoms with van der Waals surface area (Å²) in [4.78, 5) is 20.0. The number of hydrogen-bond donors (Lipinski definition) is 1. The summed E-state index contributed by atoms with van der Waals surface area (Å²) in [6.45, 7) is 0. The summed E-state index contributed by atoms with van der Waals surface area (Å²) in [6, 6.07) is 17.4. The highest BCUT2D eigenvalue weighted by Crippen LogP contribution is 2.52. The maximum Gasteiger partial charge on any atom is 0.268 e. The zero-order valence-electron chi connectivity index (χ0n) is 15.9. The van der Waals surface area contributed by atoms with Gasteiger partial charge in [0.2, 0.25) is 5.96 Å². The minimum Gasteiger partial charge on any atom is -0.369 e. The molecule has 0 spiro atoms. The molecule has 146 valence electrons. The maximum atomic E-state index is 13.7. The van der Waals surface area contributed by atoms with E-state index in [9.17, 15) is 4.79 Å². The van der Waals surface area contributed by atoms with Gasteiger partial charge in [-0.05, 0) is 53.6 Å². The highest BCUT2D eigenvalue weighted by atomic mass is 35.5. The fourth-order valence-electron chi connectivity index (χ4n) is 4.16. The third kappa shape index (κ3) is 2.75. The van der Waals surface area contributed by atoms with Crippen molar-refractivity contribution in [3.8, 4) is 11.1 Å². The lowest BCUT2D eigenvalue weighted by Crippen LogP contribution is -2.45. The number of aromatic nitrogens is 2. The van der Waals surface area contributed by atoms with Gasteiger partial charge in [0.15, 0.2) is 5.54 Å². The number of aryl methyl sites for hydroxylation is 1. The smallest absolute Gasteiger partial charge is 0.268 e. The zero-order chi connectivity index (χ0) is 20.2. The maximum absolute atomic E-state index is 13.7. The summed E-state index contributed by atoms with van der Waals surface area (Å²) in [5.41, 5.74) is 8.12. The molecule has 7 heteroatoms. The van der Waals surface area contributed by atoms with Crippen LogP contribution in [0.2, 0.25) is 5.02 Å². The summed E-state index contributed by atoms with van der Waals surface area (Å²) >= 11 is 6.18. The van der Waals surface area contributed by atoms with E-state index >= 15 is 0 Å². The third-order valence-corrected chi connectivity index (χ3v) is 5.94. The second kappa shape index (κ2) is 6.46. The van der Waals surface area contributed by atoms with Gasteiger partial charge in [-0.15, -0.1) is 0 Å². The van der Waals surface area contributed by atoms with Crippen molar-refractivity contribution in [2.24, 2.45) is 23.7 Å². The van der Waals surface area contributed by atoms with Gasteiger partial charge in [-0.25, -0.2) is 9.89 Å². The molecule has 2 N–H and O–H groups in total. The standard InChI is InChI=1S/C22H20ClN5O/c1-27-19(10-11-25-27)28-20(29)22(16-8-9-16,26-21(28)24)17-6-2-4-14(12-17)15-5-3-7-18(23)13-15/h2-7,10-13,16H,8-9H2,1H3,(H2,24,26). The van der Waals surface area contributed by atoms with Gasteiger partial charge in [0, 0.05) is 18.1 Å². The molecule has 3 aromatic rings. The number of halogens is 1. The van der Waals surface area contributed by atoms with E-state index in [1.807, 2.05) is 48.5 Å². The highest BCUT2D eigenvalue weighted by Gasteiger charge is 2.58. The molecule has 0 bridgehead atoms. The minimum absolute atomic E-state index is 0.121. The van der Waals surface area contributed by atoms with Gasteiger partial charge in [0.25, 0.3) is 5.91 Å². The molecule has 2 heterocycles. The van der Waals surface area contributed by atoms with E-state index < -0.39 is 5.54 Å². The number of carbonyl (C=O) groups is 1. The van der Waals surface area contributed by atoms with Crippen LogP contribution >= 0.6 is 11.6 Å². The molecule has 0 radical (unpaired) electrons. The fraction of sp³-hybridized carbons (Fsp3) is 0.227. The monoisotopic (exact) mass is 405 g/mol. The van der Waals surface area contributed by atoms with Crippen molar-refractivity contribution in [3.63, 3.8) is 0 Å². The number of benzene rings is 2. The van der Waals surface area contributed by atoms with E-state index in [1.54, 1.807) is 24.0 Å². The van der Waals surface area contributed by atoms with Crippen molar-refractivity contribution in [3.05, 3.63) is 71.4 Å². The van der Waals surface area contributed by atoms with Gasteiger partial charge in [-0.3, -0.25) is 9.48 Å². The second-order valence-corrected chi connectivity index (χ2v) is 7.99. The minimum atomic E-state index is -0.997. The van der Waals surface area contributed by atoms with Gasteiger partial charge in [-0.1, -0.05) is 41.9 Å². The van der Waals surface area contributed by atoms with E-state index in [-0.39, 0.29) is 17.8 Å². The van der Waals surface area contributed by atoms with E-state index in [0.717, 1.165) is 29.5 Å². The topological polar surface area (TPSA) is 76.5 Å². The molecular weight excluding hydrogens is 386 g/mol. The van der Waals surface area contributed by atoms with Crippen molar-refractivity contribution in [2.45, 2.75) is 18.4 Å². The van der Waals surface area contributed by atoms with Crippen molar-refractivity contribution in [1.29, 1.82) is 0 Å². The largest absolute Gasteiger partial charge is 0.369 e. The van der Waals surface area contributed by atoms with Crippen LogP contribution in [0.15, 0.2) is 65.8 Å². The molecule has 1 unspecified atom stereocenters. The lowest BCUT2D eigenvalue weighted by Gasteiger charge is -2.27. The zero-order valence-corrected chi connectivity index (χ0v) is 16.7. The van der Waals surface area contributed by atoms with Gasteiger partial charge in [-0.2, -0.15) is 5.10 Å². The Balaban J connectivity index is 1.63. The molecular formula is C22H20ClN5O. The Hall–Kier alpha value is -3.12. The molecule has 6 nitrogen and oxygen atoms in total. The number of aliphatic imine (C=N–C) groups is 1. The average molecular weight is 406 g/mol. The number of amides is 1. The van der Waals surface area contributed by atoms with Crippen molar-refractivity contribution >= 4 is 29.3 Å². The predicted molar refractivity (Wildman–Crippen MR) is 114 cm³/mol. The van der Waals surface area contributed by atoms with Crippen LogP contribution in [-0.4, -0.2) is 21.6 Å². The van der Waals surface area contributed by atoms with E-state index in [1.165, 1.54) is 4.90 Å². The van der Waals surface area contributed by atoms with E-state index in [0.29, 0.717) is 10.8 Å². The first kappa shape index (κ1) is 17.9. The van der Waals surface area contributed by atoms with Crippen LogP contribution in [0.3, 0.4) is 0 Å². The highest BCUT2D eigenvalue weighted by molar-refractivity contribution is 6.30. The molecule has 1 aromatic heterocycles. The van der Waals surface area contributed by atoms with Crippen LogP contribution in [-0.2, 0) is 17.4 Å². The molecule has 1 fully saturated rings. The lowest BCUT2D eigenvalue weighted by molar-refractivity contribution is -0.122. The SMILES string of the molecule is Cn1nccc1N1C(=O)C(c2cccc(-c3cccc(Cl)c3)c2)(C2CC2)N=C1N. The Labute approximate surface area is 173 Å². The van der Waals surface area contributed by atoms with Crippen molar-refractivity contribution < 1.29 is 4.79 Å². The van der Waals surface area contributed by atoms with Gasteiger partial charge in [0.1, 0.15) is 5.82 Å². The summed E-state index contributed by atoms with van der Waals surface area (Å²) in [7, 11) is 1.78. The van der Waals surface area contributed by atoms with Gasteiger partial charge in [0.05, 0.1) is 6.20 Å². The quantitative estimate of drug-likeness (QED) is 0.718.